The Bertz CT molecular complexity index is 745. The van der Waals surface area contributed by atoms with Crippen molar-refractivity contribution in [1.29, 1.82) is 10.5 Å². The summed E-state index contributed by atoms with van der Waals surface area (Å²) in [5.41, 5.74) is 1.74. The van der Waals surface area contributed by atoms with Crippen LogP contribution in [0.25, 0.3) is 0 Å². The summed E-state index contributed by atoms with van der Waals surface area (Å²) in [7, 11) is 1.56. The van der Waals surface area contributed by atoms with E-state index in [-0.39, 0.29) is 6.61 Å². The van der Waals surface area contributed by atoms with Gasteiger partial charge < -0.3 is 9.47 Å². The molecule has 0 aliphatic rings. The first-order valence-corrected chi connectivity index (χ1v) is 6.45. The van der Waals surface area contributed by atoms with Crippen LogP contribution in [0.1, 0.15) is 16.7 Å². The van der Waals surface area contributed by atoms with Gasteiger partial charge in [0.1, 0.15) is 18.1 Å². The van der Waals surface area contributed by atoms with Gasteiger partial charge in [0.05, 0.1) is 35.4 Å². The van der Waals surface area contributed by atoms with Gasteiger partial charge in [0.2, 0.25) is 0 Å². The predicted molar refractivity (Wildman–Crippen MR) is 78.2 cm³/mol. The Morgan fingerprint density at radius 2 is 1.62 bits per heavy atom. The number of hydrogen-bond donors (Lipinski definition) is 0. The van der Waals surface area contributed by atoms with Gasteiger partial charge in [-0.05, 0) is 36.4 Å². The normalized spacial score (nSPS) is 9.52. The molecule has 0 N–H and O–H groups in total. The number of methoxy groups -OCH3 is 1. The number of nitrogens with zero attached hydrogens (tertiary/aromatic N) is 2. The van der Waals surface area contributed by atoms with Crippen molar-refractivity contribution in [2.24, 2.45) is 0 Å². The van der Waals surface area contributed by atoms with E-state index in [1.165, 1.54) is 0 Å². The third kappa shape index (κ3) is 3.45. The summed E-state index contributed by atoms with van der Waals surface area (Å²) < 4.78 is 10.9. The van der Waals surface area contributed by atoms with Crippen molar-refractivity contribution in [2.75, 3.05) is 7.11 Å². The number of nitriles is 2. The summed E-state index contributed by atoms with van der Waals surface area (Å²) in [5, 5.41) is 18.1. The van der Waals surface area contributed by atoms with Crippen LogP contribution in [-0.2, 0) is 6.61 Å². The molecule has 0 fully saturated rings. The largest absolute Gasteiger partial charge is 0.496 e. The molecule has 0 aromatic heterocycles. The predicted octanol–water partition coefficient (Wildman–Crippen LogP) is 3.67. The lowest BCUT2D eigenvalue weighted by molar-refractivity contribution is 0.297. The van der Waals surface area contributed by atoms with Crippen LogP contribution < -0.4 is 9.47 Å². The Hall–Kier alpha value is -2.69. The van der Waals surface area contributed by atoms with E-state index in [0.717, 1.165) is 5.56 Å². The van der Waals surface area contributed by atoms with Gasteiger partial charge >= 0.3 is 0 Å². The van der Waals surface area contributed by atoms with Crippen LogP contribution in [0.15, 0.2) is 36.4 Å². The molecule has 21 heavy (non-hydrogen) atoms. The molecule has 2 aromatic rings. The van der Waals surface area contributed by atoms with Gasteiger partial charge in [-0.2, -0.15) is 10.5 Å². The molecular formula is C16H11ClN2O2. The lowest BCUT2D eigenvalue weighted by Crippen LogP contribution is -2.00. The van der Waals surface area contributed by atoms with Gasteiger partial charge in [-0.1, -0.05) is 11.6 Å². The highest BCUT2D eigenvalue weighted by Gasteiger charge is 2.08. The van der Waals surface area contributed by atoms with Gasteiger partial charge in [0, 0.05) is 5.56 Å². The first-order chi connectivity index (χ1) is 10.2. The number of hydrogen-bond acceptors (Lipinski definition) is 4. The van der Waals surface area contributed by atoms with E-state index in [0.29, 0.717) is 27.6 Å². The minimum absolute atomic E-state index is 0.213. The molecule has 0 aliphatic heterocycles. The fourth-order valence-electron chi connectivity index (χ4n) is 1.80. The van der Waals surface area contributed by atoms with Crippen LogP contribution in [0, 0.1) is 22.7 Å². The second-order valence-corrected chi connectivity index (χ2v) is 4.59. The van der Waals surface area contributed by atoms with Gasteiger partial charge in [-0.15, -0.1) is 0 Å². The smallest absolute Gasteiger partial charge is 0.138 e. The zero-order valence-electron chi connectivity index (χ0n) is 11.3. The quantitative estimate of drug-likeness (QED) is 0.863. The molecule has 0 radical (unpaired) electrons. The van der Waals surface area contributed by atoms with Crippen molar-refractivity contribution in [2.45, 2.75) is 6.61 Å². The number of ether oxygens (including phenoxy) is 2. The van der Waals surface area contributed by atoms with E-state index >= 15 is 0 Å². The molecule has 104 valence electrons. The summed E-state index contributed by atoms with van der Waals surface area (Å²) in [6, 6.07) is 14.0. The Kier molecular flexibility index (Phi) is 4.66. The summed E-state index contributed by atoms with van der Waals surface area (Å²) in [4.78, 5) is 0. The van der Waals surface area contributed by atoms with E-state index in [2.05, 4.69) is 6.07 Å². The topological polar surface area (TPSA) is 66.0 Å². The summed E-state index contributed by atoms with van der Waals surface area (Å²) >= 11 is 6.05. The Labute approximate surface area is 127 Å². The highest BCUT2D eigenvalue weighted by Crippen LogP contribution is 2.28. The molecule has 0 saturated heterocycles. The summed E-state index contributed by atoms with van der Waals surface area (Å²) in [6.45, 7) is 0.213. The van der Waals surface area contributed by atoms with Crippen LogP contribution >= 0.6 is 11.6 Å². The van der Waals surface area contributed by atoms with Crippen LogP contribution in [0.5, 0.6) is 11.5 Å². The SMILES string of the molecule is COc1ccc(C#N)cc1COc1ccc(C#N)cc1Cl. The molecule has 0 spiro atoms. The molecule has 0 amide bonds. The zero-order valence-corrected chi connectivity index (χ0v) is 12.0. The fraction of sp³-hybridized carbons (Fsp3) is 0.125. The highest BCUT2D eigenvalue weighted by atomic mass is 35.5. The third-order valence-electron chi connectivity index (χ3n) is 2.85. The second-order valence-electron chi connectivity index (χ2n) is 4.18. The van der Waals surface area contributed by atoms with E-state index in [4.69, 9.17) is 31.6 Å². The number of rotatable bonds is 4. The Balaban J connectivity index is 2.20. The average Bonchev–Trinajstić information content (AvgIpc) is 2.53. The summed E-state index contributed by atoms with van der Waals surface area (Å²) in [5.74, 6) is 1.11. The number of benzene rings is 2. The molecule has 0 unspecified atom stereocenters. The Morgan fingerprint density at radius 3 is 2.19 bits per heavy atom. The van der Waals surface area contributed by atoms with Crippen molar-refractivity contribution in [1.82, 2.24) is 0 Å². The molecule has 2 aromatic carbocycles. The molecule has 0 atom stereocenters. The maximum Gasteiger partial charge on any atom is 0.138 e. The van der Waals surface area contributed by atoms with Crippen LogP contribution in [0.3, 0.4) is 0 Å². The molecule has 4 nitrogen and oxygen atoms in total. The van der Waals surface area contributed by atoms with Crippen molar-refractivity contribution in [3.05, 3.63) is 58.1 Å². The van der Waals surface area contributed by atoms with Crippen LogP contribution in [0.4, 0.5) is 0 Å². The first kappa shape index (κ1) is 14.7. The minimum atomic E-state index is 0.213. The maximum absolute atomic E-state index is 8.93. The van der Waals surface area contributed by atoms with Crippen LogP contribution in [0.2, 0.25) is 5.02 Å². The van der Waals surface area contributed by atoms with Crippen molar-refractivity contribution in [3.8, 4) is 23.6 Å². The third-order valence-corrected chi connectivity index (χ3v) is 3.15. The first-order valence-electron chi connectivity index (χ1n) is 6.07. The van der Waals surface area contributed by atoms with E-state index in [1.807, 2.05) is 6.07 Å². The highest BCUT2D eigenvalue weighted by molar-refractivity contribution is 6.32. The minimum Gasteiger partial charge on any atom is -0.496 e. The molecule has 0 heterocycles. The van der Waals surface area contributed by atoms with Crippen molar-refractivity contribution >= 4 is 11.6 Å². The van der Waals surface area contributed by atoms with Crippen LogP contribution in [-0.4, -0.2) is 7.11 Å². The summed E-state index contributed by atoms with van der Waals surface area (Å²) in [6.07, 6.45) is 0. The lowest BCUT2D eigenvalue weighted by atomic mass is 10.1. The van der Waals surface area contributed by atoms with Gasteiger partial charge in [-0.25, -0.2) is 0 Å². The number of halogens is 1. The van der Waals surface area contributed by atoms with Crippen molar-refractivity contribution in [3.63, 3.8) is 0 Å². The molecular weight excluding hydrogens is 288 g/mol. The van der Waals surface area contributed by atoms with Crippen molar-refractivity contribution < 1.29 is 9.47 Å². The van der Waals surface area contributed by atoms with E-state index in [9.17, 15) is 0 Å². The van der Waals surface area contributed by atoms with E-state index < -0.39 is 0 Å². The van der Waals surface area contributed by atoms with Gasteiger partial charge in [0.25, 0.3) is 0 Å². The van der Waals surface area contributed by atoms with Gasteiger partial charge in [0.15, 0.2) is 0 Å². The van der Waals surface area contributed by atoms with Gasteiger partial charge in [-0.3, -0.25) is 0 Å². The Morgan fingerprint density at radius 1 is 1.00 bits per heavy atom. The fourth-order valence-corrected chi connectivity index (χ4v) is 2.04. The second kappa shape index (κ2) is 6.65. The maximum atomic E-state index is 8.93. The molecule has 0 bridgehead atoms. The molecule has 0 aliphatic carbocycles. The lowest BCUT2D eigenvalue weighted by Gasteiger charge is -2.11. The standard InChI is InChI=1S/C16H11ClN2O2/c1-20-15-4-2-11(8-18)6-13(15)10-21-16-5-3-12(9-19)7-14(16)17/h2-7H,10H2,1H3. The monoisotopic (exact) mass is 298 g/mol. The molecule has 5 heteroatoms. The van der Waals surface area contributed by atoms with E-state index in [1.54, 1.807) is 43.5 Å². The molecule has 0 saturated carbocycles. The zero-order chi connectivity index (χ0) is 15.2. The molecule has 2 rings (SSSR count). The average molecular weight is 299 g/mol.